The molecule has 0 saturated carbocycles. The predicted molar refractivity (Wildman–Crippen MR) is 118 cm³/mol. The number of rotatable bonds is 7. The number of aryl methyl sites for hydroxylation is 2. The van der Waals surface area contributed by atoms with Gasteiger partial charge >= 0.3 is 0 Å². The summed E-state index contributed by atoms with van der Waals surface area (Å²) in [5.41, 5.74) is 4.65. The minimum atomic E-state index is 0.255. The number of aromatic nitrogens is 3. The Labute approximate surface area is 170 Å². The fourth-order valence-electron chi connectivity index (χ4n) is 3.20. The summed E-state index contributed by atoms with van der Waals surface area (Å²) in [6, 6.07) is 8.43. The Bertz CT molecular complexity index is 924. The molecule has 0 saturated heterocycles. The van der Waals surface area contributed by atoms with Crippen LogP contribution >= 0.6 is 11.3 Å². The summed E-state index contributed by atoms with van der Waals surface area (Å²) in [5, 5.41) is 15.6. The fourth-order valence-corrected chi connectivity index (χ4v) is 4.09. The largest absolute Gasteiger partial charge is 0.360 e. The standard InChI is InChI=1S/C20H29N7S/c1-13(12-16-14(2)26-27(5)15(16)3)24-19(21-4)22-10-11-23-20-25-17-8-6-7-9-18(17)28-20/h6-9,13H,10-12H2,1-5H3,(H,23,25)(H2,21,22,24). The first-order valence-electron chi connectivity index (χ1n) is 9.53. The van der Waals surface area contributed by atoms with Crippen LogP contribution in [0.15, 0.2) is 29.3 Å². The molecule has 3 aromatic rings. The van der Waals surface area contributed by atoms with E-state index in [1.165, 1.54) is 16.0 Å². The van der Waals surface area contributed by atoms with Gasteiger partial charge in [-0.1, -0.05) is 23.5 Å². The van der Waals surface area contributed by atoms with E-state index in [0.717, 1.165) is 41.8 Å². The summed E-state index contributed by atoms with van der Waals surface area (Å²) in [6.45, 7) is 7.87. The van der Waals surface area contributed by atoms with Crippen LogP contribution in [0.2, 0.25) is 0 Å². The van der Waals surface area contributed by atoms with Crippen LogP contribution in [0.5, 0.6) is 0 Å². The third kappa shape index (κ3) is 4.81. The second-order valence-corrected chi connectivity index (χ2v) is 7.97. The Hall–Kier alpha value is -2.61. The topological polar surface area (TPSA) is 79.2 Å². The van der Waals surface area contributed by atoms with Crippen molar-refractivity contribution in [3.05, 3.63) is 41.2 Å². The number of benzene rings is 1. The number of hydrogen-bond acceptors (Lipinski definition) is 5. The van der Waals surface area contributed by atoms with Gasteiger partial charge in [0, 0.05) is 38.9 Å². The lowest BCUT2D eigenvalue weighted by atomic mass is 10.1. The van der Waals surface area contributed by atoms with Gasteiger partial charge in [0.15, 0.2) is 11.1 Å². The number of fused-ring (bicyclic) bond motifs is 1. The van der Waals surface area contributed by atoms with Crippen molar-refractivity contribution in [2.45, 2.75) is 33.2 Å². The van der Waals surface area contributed by atoms with Crippen LogP contribution in [0.1, 0.15) is 23.9 Å². The van der Waals surface area contributed by atoms with Gasteiger partial charge in [-0.3, -0.25) is 9.67 Å². The maximum atomic E-state index is 4.59. The van der Waals surface area contributed by atoms with Crippen molar-refractivity contribution in [3.8, 4) is 0 Å². The van der Waals surface area contributed by atoms with Crippen LogP contribution < -0.4 is 16.0 Å². The van der Waals surface area contributed by atoms with E-state index in [4.69, 9.17) is 0 Å². The number of nitrogens with one attached hydrogen (secondary N) is 3. The lowest BCUT2D eigenvalue weighted by molar-refractivity contribution is 0.637. The van der Waals surface area contributed by atoms with E-state index in [0.29, 0.717) is 0 Å². The van der Waals surface area contributed by atoms with Crippen LogP contribution in [0.25, 0.3) is 10.2 Å². The molecule has 1 unspecified atom stereocenters. The van der Waals surface area contributed by atoms with Gasteiger partial charge in [-0.2, -0.15) is 5.10 Å². The number of para-hydroxylation sites is 1. The van der Waals surface area contributed by atoms with Gasteiger partial charge in [0.2, 0.25) is 0 Å². The normalized spacial score (nSPS) is 13.0. The van der Waals surface area contributed by atoms with Crippen molar-refractivity contribution in [3.63, 3.8) is 0 Å². The maximum Gasteiger partial charge on any atom is 0.191 e. The molecule has 1 atom stereocenters. The minimum Gasteiger partial charge on any atom is -0.360 e. The molecule has 8 heteroatoms. The van der Waals surface area contributed by atoms with Gasteiger partial charge in [-0.15, -0.1) is 0 Å². The molecule has 150 valence electrons. The minimum absolute atomic E-state index is 0.255. The van der Waals surface area contributed by atoms with Crippen LogP contribution in [0.4, 0.5) is 5.13 Å². The highest BCUT2D eigenvalue weighted by atomic mass is 32.1. The Morgan fingerprint density at radius 2 is 2.04 bits per heavy atom. The molecule has 0 spiro atoms. The van der Waals surface area contributed by atoms with Crippen molar-refractivity contribution in [2.24, 2.45) is 12.0 Å². The molecule has 7 nitrogen and oxygen atoms in total. The molecule has 1 aromatic carbocycles. The molecule has 3 rings (SSSR count). The van der Waals surface area contributed by atoms with Crippen LogP contribution in [0, 0.1) is 13.8 Å². The fraction of sp³-hybridized carbons (Fsp3) is 0.450. The Morgan fingerprint density at radius 3 is 2.71 bits per heavy atom. The number of anilines is 1. The first kappa shape index (κ1) is 20.1. The highest BCUT2D eigenvalue weighted by Crippen LogP contribution is 2.24. The van der Waals surface area contributed by atoms with Crippen molar-refractivity contribution in [1.82, 2.24) is 25.4 Å². The number of guanidine groups is 1. The number of nitrogens with zero attached hydrogens (tertiary/aromatic N) is 4. The summed E-state index contributed by atoms with van der Waals surface area (Å²) in [7, 11) is 3.78. The molecule has 0 bridgehead atoms. The van der Waals surface area contributed by atoms with E-state index in [1.54, 1.807) is 18.4 Å². The molecule has 0 amide bonds. The molecule has 0 radical (unpaired) electrons. The summed E-state index contributed by atoms with van der Waals surface area (Å²) in [4.78, 5) is 8.92. The third-order valence-electron chi connectivity index (χ3n) is 4.76. The van der Waals surface area contributed by atoms with E-state index in [1.807, 2.05) is 29.9 Å². The zero-order valence-electron chi connectivity index (χ0n) is 17.2. The van der Waals surface area contributed by atoms with Gasteiger partial charge in [-0.05, 0) is 44.9 Å². The smallest absolute Gasteiger partial charge is 0.191 e. The van der Waals surface area contributed by atoms with Crippen LogP contribution in [-0.4, -0.2) is 46.9 Å². The van der Waals surface area contributed by atoms with Crippen molar-refractivity contribution in [2.75, 3.05) is 25.5 Å². The van der Waals surface area contributed by atoms with Gasteiger partial charge in [0.05, 0.1) is 15.9 Å². The van der Waals surface area contributed by atoms with Gasteiger partial charge < -0.3 is 16.0 Å². The molecule has 0 fully saturated rings. The lowest BCUT2D eigenvalue weighted by Crippen LogP contribution is -2.44. The maximum absolute atomic E-state index is 4.59. The zero-order valence-corrected chi connectivity index (χ0v) is 18.0. The predicted octanol–water partition coefficient (Wildman–Crippen LogP) is 2.85. The number of thiazole rings is 1. The first-order chi connectivity index (χ1) is 13.5. The van der Waals surface area contributed by atoms with Crippen molar-refractivity contribution >= 4 is 32.6 Å². The molecule has 2 aromatic heterocycles. The molecular formula is C20H29N7S. The van der Waals surface area contributed by atoms with E-state index in [9.17, 15) is 0 Å². The average Bonchev–Trinajstić information content (AvgIpc) is 3.19. The Balaban J connectivity index is 1.45. The van der Waals surface area contributed by atoms with E-state index in [-0.39, 0.29) is 6.04 Å². The third-order valence-corrected chi connectivity index (χ3v) is 5.76. The molecule has 0 aliphatic carbocycles. The second kappa shape index (κ2) is 9.05. The summed E-state index contributed by atoms with van der Waals surface area (Å²) in [6.07, 6.45) is 0.913. The molecule has 0 aliphatic heterocycles. The zero-order chi connectivity index (χ0) is 20.1. The van der Waals surface area contributed by atoms with Gasteiger partial charge in [-0.25, -0.2) is 4.98 Å². The monoisotopic (exact) mass is 399 g/mol. The molecule has 28 heavy (non-hydrogen) atoms. The number of aliphatic imine (C=N–C) groups is 1. The Kier molecular flexibility index (Phi) is 6.51. The summed E-state index contributed by atoms with van der Waals surface area (Å²) < 4.78 is 3.14. The van der Waals surface area contributed by atoms with E-state index < -0.39 is 0 Å². The highest BCUT2D eigenvalue weighted by molar-refractivity contribution is 7.22. The molecule has 2 heterocycles. The first-order valence-corrected chi connectivity index (χ1v) is 10.3. The molecular weight excluding hydrogens is 370 g/mol. The Morgan fingerprint density at radius 1 is 1.25 bits per heavy atom. The SMILES string of the molecule is CN=C(NCCNc1nc2ccccc2s1)NC(C)Cc1c(C)nn(C)c1C. The number of hydrogen-bond donors (Lipinski definition) is 3. The highest BCUT2D eigenvalue weighted by Gasteiger charge is 2.14. The van der Waals surface area contributed by atoms with Gasteiger partial charge in [0.1, 0.15) is 0 Å². The second-order valence-electron chi connectivity index (χ2n) is 6.93. The average molecular weight is 400 g/mol. The molecule has 0 aliphatic rings. The molecule has 3 N–H and O–H groups in total. The van der Waals surface area contributed by atoms with E-state index >= 15 is 0 Å². The van der Waals surface area contributed by atoms with E-state index in [2.05, 4.69) is 57.9 Å². The van der Waals surface area contributed by atoms with Crippen molar-refractivity contribution < 1.29 is 0 Å². The quantitative estimate of drug-likeness (QED) is 0.323. The summed E-state index contributed by atoms with van der Waals surface area (Å²) in [5.74, 6) is 0.804. The van der Waals surface area contributed by atoms with Gasteiger partial charge in [0.25, 0.3) is 0 Å². The lowest BCUT2D eigenvalue weighted by Gasteiger charge is -2.18. The van der Waals surface area contributed by atoms with Crippen molar-refractivity contribution in [1.29, 1.82) is 0 Å². The van der Waals surface area contributed by atoms with Crippen LogP contribution in [-0.2, 0) is 13.5 Å². The summed E-state index contributed by atoms with van der Waals surface area (Å²) >= 11 is 1.67. The van der Waals surface area contributed by atoms with Crippen LogP contribution in [0.3, 0.4) is 0 Å².